The Hall–Kier alpha value is -3.29. The molecule has 7 nitrogen and oxygen atoms in total. The second kappa shape index (κ2) is 8.61. The molecule has 1 aromatic carbocycles. The van der Waals surface area contributed by atoms with E-state index < -0.39 is 0 Å². The Balaban J connectivity index is 1.46. The average Bonchev–Trinajstić information content (AvgIpc) is 3.29. The van der Waals surface area contributed by atoms with Crippen LogP contribution in [0.4, 0.5) is 5.82 Å². The number of morpholine rings is 1. The van der Waals surface area contributed by atoms with Crippen LogP contribution in [0.5, 0.6) is 0 Å². The first-order valence-electron chi connectivity index (χ1n) is 10.2. The quantitative estimate of drug-likeness (QED) is 0.518. The van der Waals surface area contributed by atoms with Crippen molar-refractivity contribution in [3.8, 4) is 11.4 Å². The standard InChI is InChI=1S/C23H24N6O/c1-4-20(19-6-8-26-21(19)5-1)23-27-18(16-25-15-17-3-2-7-24-14-17)13-22(28-23)29-9-11-30-12-10-29/h1-8,13-14,25-26H,9-12,15-16H2. The summed E-state index contributed by atoms with van der Waals surface area (Å²) in [6.45, 7) is 4.53. The van der Waals surface area contributed by atoms with E-state index in [0.29, 0.717) is 6.54 Å². The van der Waals surface area contributed by atoms with Crippen molar-refractivity contribution in [2.24, 2.45) is 0 Å². The summed E-state index contributed by atoms with van der Waals surface area (Å²) in [5, 5.41) is 4.61. The number of nitrogens with one attached hydrogen (secondary N) is 2. The van der Waals surface area contributed by atoms with E-state index >= 15 is 0 Å². The lowest BCUT2D eigenvalue weighted by molar-refractivity contribution is 0.122. The van der Waals surface area contributed by atoms with Crippen LogP contribution in [0.15, 0.2) is 61.1 Å². The highest BCUT2D eigenvalue weighted by molar-refractivity contribution is 5.93. The number of H-pyrrole nitrogens is 1. The number of nitrogens with zero attached hydrogens (tertiary/aromatic N) is 4. The molecule has 0 atom stereocenters. The summed E-state index contributed by atoms with van der Waals surface area (Å²) >= 11 is 0. The molecule has 0 radical (unpaired) electrons. The van der Waals surface area contributed by atoms with Crippen molar-refractivity contribution < 1.29 is 4.74 Å². The van der Waals surface area contributed by atoms with Gasteiger partial charge < -0.3 is 19.9 Å². The van der Waals surface area contributed by atoms with Crippen LogP contribution >= 0.6 is 0 Å². The third kappa shape index (κ3) is 4.03. The van der Waals surface area contributed by atoms with Gasteiger partial charge in [-0.3, -0.25) is 4.98 Å². The number of aromatic nitrogens is 4. The highest BCUT2D eigenvalue weighted by Crippen LogP contribution is 2.27. The Kier molecular flexibility index (Phi) is 5.37. The molecule has 0 aliphatic carbocycles. The first kappa shape index (κ1) is 18.7. The normalized spacial score (nSPS) is 14.3. The van der Waals surface area contributed by atoms with Gasteiger partial charge >= 0.3 is 0 Å². The molecule has 4 heterocycles. The molecule has 0 bridgehead atoms. The summed E-state index contributed by atoms with van der Waals surface area (Å²) in [7, 11) is 0. The van der Waals surface area contributed by atoms with Gasteiger partial charge in [0.25, 0.3) is 0 Å². The number of aromatic amines is 1. The summed E-state index contributed by atoms with van der Waals surface area (Å²) in [4.78, 5) is 19.6. The molecule has 4 aromatic rings. The molecular weight excluding hydrogens is 376 g/mol. The fourth-order valence-corrected chi connectivity index (χ4v) is 3.77. The van der Waals surface area contributed by atoms with Crippen LogP contribution in [0.3, 0.4) is 0 Å². The number of rotatable bonds is 6. The third-order valence-corrected chi connectivity index (χ3v) is 5.29. The number of benzene rings is 1. The van der Waals surface area contributed by atoms with Gasteiger partial charge in [-0.25, -0.2) is 9.97 Å². The molecule has 1 saturated heterocycles. The maximum atomic E-state index is 5.52. The van der Waals surface area contributed by atoms with Gasteiger partial charge in [0, 0.05) is 67.3 Å². The summed E-state index contributed by atoms with van der Waals surface area (Å²) < 4.78 is 5.52. The number of hydrogen-bond donors (Lipinski definition) is 2. The first-order valence-corrected chi connectivity index (χ1v) is 10.2. The van der Waals surface area contributed by atoms with E-state index in [-0.39, 0.29) is 0 Å². The van der Waals surface area contributed by atoms with E-state index in [1.54, 1.807) is 6.20 Å². The van der Waals surface area contributed by atoms with E-state index in [0.717, 1.165) is 72.2 Å². The molecule has 1 aliphatic rings. The fraction of sp³-hybridized carbons (Fsp3) is 0.261. The Labute approximate surface area is 175 Å². The molecule has 0 spiro atoms. The zero-order valence-electron chi connectivity index (χ0n) is 16.7. The summed E-state index contributed by atoms with van der Waals surface area (Å²) in [5.74, 6) is 1.70. The van der Waals surface area contributed by atoms with Gasteiger partial charge in [0.15, 0.2) is 5.82 Å². The minimum atomic E-state index is 0.658. The molecule has 152 valence electrons. The maximum absolute atomic E-state index is 5.52. The lowest BCUT2D eigenvalue weighted by atomic mass is 10.1. The van der Waals surface area contributed by atoms with E-state index in [2.05, 4.69) is 50.5 Å². The van der Waals surface area contributed by atoms with Crippen LogP contribution in [0, 0.1) is 0 Å². The van der Waals surface area contributed by atoms with Gasteiger partial charge in [-0.2, -0.15) is 0 Å². The minimum absolute atomic E-state index is 0.658. The smallest absolute Gasteiger partial charge is 0.162 e. The molecule has 0 saturated carbocycles. The zero-order valence-corrected chi connectivity index (χ0v) is 16.7. The largest absolute Gasteiger partial charge is 0.378 e. The molecular formula is C23H24N6O. The zero-order chi connectivity index (χ0) is 20.2. The Bertz CT molecular complexity index is 1120. The van der Waals surface area contributed by atoms with Crippen molar-refractivity contribution in [1.82, 2.24) is 25.3 Å². The van der Waals surface area contributed by atoms with Crippen LogP contribution in [0.25, 0.3) is 22.3 Å². The number of hydrogen-bond acceptors (Lipinski definition) is 6. The van der Waals surface area contributed by atoms with Gasteiger partial charge in [0.1, 0.15) is 5.82 Å². The van der Waals surface area contributed by atoms with Gasteiger partial charge in [0.05, 0.1) is 18.9 Å². The van der Waals surface area contributed by atoms with Gasteiger partial charge in [-0.1, -0.05) is 18.2 Å². The predicted octanol–water partition coefficient (Wildman–Crippen LogP) is 3.15. The highest BCUT2D eigenvalue weighted by atomic mass is 16.5. The van der Waals surface area contributed by atoms with E-state index in [1.807, 2.05) is 24.5 Å². The number of anilines is 1. The highest BCUT2D eigenvalue weighted by Gasteiger charge is 2.17. The monoisotopic (exact) mass is 400 g/mol. The lowest BCUT2D eigenvalue weighted by Gasteiger charge is -2.28. The Morgan fingerprint density at radius 3 is 2.83 bits per heavy atom. The molecule has 7 heteroatoms. The second-order valence-corrected chi connectivity index (χ2v) is 7.35. The first-order chi connectivity index (χ1) is 14.9. The number of fused-ring (bicyclic) bond motifs is 1. The minimum Gasteiger partial charge on any atom is -0.378 e. The van der Waals surface area contributed by atoms with Crippen LogP contribution in [-0.4, -0.2) is 46.2 Å². The maximum Gasteiger partial charge on any atom is 0.162 e. The molecule has 0 amide bonds. The van der Waals surface area contributed by atoms with E-state index in [1.165, 1.54) is 0 Å². The van der Waals surface area contributed by atoms with E-state index in [4.69, 9.17) is 14.7 Å². The van der Waals surface area contributed by atoms with Crippen LogP contribution in [0.2, 0.25) is 0 Å². The van der Waals surface area contributed by atoms with Gasteiger partial charge in [0.2, 0.25) is 0 Å². The Morgan fingerprint density at radius 2 is 1.97 bits per heavy atom. The second-order valence-electron chi connectivity index (χ2n) is 7.35. The molecule has 0 unspecified atom stereocenters. The van der Waals surface area contributed by atoms with Crippen molar-refractivity contribution in [1.29, 1.82) is 0 Å². The molecule has 5 rings (SSSR count). The third-order valence-electron chi connectivity index (χ3n) is 5.29. The van der Waals surface area contributed by atoms with Crippen molar-refractivity contribution in [2.45, 2.75) is 13.1 Å². The van der Waals surface area contributed by atoms with Crippen molar-refractivity contribution in [3.63, 3.8) is 0 Å². The van der Waals surface area contributed by atoms with Crippen LogP contribution in [0.1, 0.15) is 11.3 Å². The van der Waals surface area contributed by atoms with Crippen molar-refractivity contribution >= 4 is 16.7 Å². The topological polar surface area (TPSA) is 79.0 Å². The van der Waals surface area contributed by atoms with Crippen molar-refractivity contribution in [3.05, 3.63) is 72.3 Å². The SMILES string of the molecule is c1cncc(CNCc2cc(N3CCOCC3)nc(-c3cccc4[nH]ccc34)n2)c1. The summed E-state index contributed by atoms with van der Waals surface area (Å²) in [5.41, 5.74) is 4.25. The molecule has 3 aromatic heterocycles. The Morgan fingerprint density at radius 1 is 1.03 bits per heavy atom. The predicted molar refractivity (Wildman–Crippen MR) is 117 cm³/mol. The molecule has 1 fully saturated rings. The molecule has 1 aliphatic heterocycles. The molecule has 2 N–H and O–H groups in total. The van der Waals surface area contributed by atoms with Crippen LogP contribution < -0.4 is 10.2 Å². The summed E-state index contributed by atoms with van der Waals surface area (Å²) in [6, 6.07) is 14.4. The number of ether oxygens (including phenoxy) is 1. The van der Waals surface area contributed by atoms with E-state index in [9.17, 15) is 0 Å². The summed E-state index contributed by atoms with van der Waals surface area (Å²) in [6.07, 6.45) is 5.62. The van der Waals surface area contributed by atoms with Crippen molar-refractivity contribution in [2.75, 3.05) is 31.2 Å². The van der Waals surface area contributed by atoms with Gasteiger partial charge in [-0.05, 0) is 23.8 Å². The fourth-order valence-electron chi connectivity index (χ4n) is 3.77. The van der Waals surface area contributed by atoms with Crippen LogP contribution in [-0.2, 0) is 17.8 Å². The lowest BCUT2D eigenvalue weighted by Crippen LogP contribution is -2.37. The average molecular weight is 400 g/mol. The number of pyridine rings is 1. The molecule has 30 heavy (non-hydrogen) atoms. The van der Waals surface area contributed by atoms with Gasteiger partial charge in [-0.15, -0.1) is 0 Å².